The second-order valence-corrected chi connectivity index (χ2v) is 3.65. The Labute approximate surface area is 95.7 Å². The van der Waals surface area contributed by atoms with Crippen LogP contribution >= 0.6 is 18.6 Å². The minimum absolute atomic E-state index is 0. The Kier molecular flexibility index (Phi) is 72.7. The van der Waals surface area contributed by atoms with Crippen LogP contribution in [0.4, 0.5) is 0 Å². The van der Waals surface area contributed by atoms with Gasteiger partial charge in [0.25, 0.3) is 0 Å². The van der Waals surface area contributed by atoms with Crippen LogP contribution in [0.5, 0.6) is 0 Å². The van der Waals surface area contributed by atoms with Crippen molar-refractivity contribution in [1.82, 2.24) is 0 Å². The second kappa shape index (κ2) is 29.8. The third kappa shape index (κ3) is 30.9. The van der Waals surface area contributed by atoms with E-state index < -0.39 is 17.0 Å². The van der Waals surface area contributed by atoms with E-state index in [-0.39, 0.29) is 29.7 Å². The van der Waals surface area contributed by atoms with Crippen LogP contribution in [-0.4, -0.2) is 0 Å². The molecular weight excluding hydrogens is 227 g/mol. The second-order valence-electron chi connectivity index (χ2n) is 1.07. The molecule has 0 spiro atoms. The first-order chi connectivity index (χ1) is 3.91. The summed E-state index contributed by atoms with van der Waals surface area (Å²) in [6, 6.07) is 0. The molecule has 0 aromatic heterocycles. The summed E-state index contributed by atoms with van der Waals surface area (Å²) in [6.45, 7) is 0. The normalized spacial score (nSPS) is 8.50. The Morgan fingerprint density at radius 1 is 1.08 bits per heavy atom. The quantitative estimate of drug-likeness (QED) is 0.435. The molecule has 0 aliphatic heterocycles. The Balaban J connectivity index is -0.0000000219. The molecular formula is C9H17Cl2Ti-5. The van der Waals surface area contributed by atoms with E-state index in [0.717, 1.165) is 6.42 Å². The van der Waals surface area contributed by atoms with E-state index in [9.17, 15) is 0 Å². The van der Waals surface area contributed by atoms with Crippen LogP contribution in [-0.2, 0) is 17.0 Å². The van der Waals surface area contributed by atoms with Crippen LogP contribution < -0.4 is 0 Å². The third-order valence-corrected chi connectivity index (χ3v) is 0.586. The van der Waals surface area contributed by atoms with Crippen molar-refractivity contribution in [1.29, 1.82) is 0 Å². The molecule has 0 amide bonds. The predicted molar refractivity (Wildman–Crippen MR) is 58.9 cm³/mol. The average molecular weight is 244 g/mol. The van der Waals surface area contributed by atoms with E-state index in [2.05, 4.69) is 12.2 Å². The Bertz CT molecular complexity index is 80.5. The van der Waals surface area contributed by atoms with Crippen LogP contribution in [0.25, 0.3) is 0 Å². The molecule has 0 bridgehead atoms. The third-order valence-electron chi connectivity index (χ3n) is 0.586. The van der Waals surface area contributed by atoms with Crippen molar-refractivity contribution in [2.75, 3.05) is 0 Å². The zero-order valence-electron chi connectivity index (χ0n) is 8.20. The summed E-state index contributed by atoms with van der Waals surface area (Å²) >= 11 is -0.556. The summed E-state index contributed by atoms with van der Waals surface area (Å²) in [5.74, 6) is 0. The Hall–Kier alpha value is 0.774. The van der Waals surface area contributed by atoms with Gasteiger partial charge in [0.1, 0.15) is 0 Å². The van der Waals surface area contributed by atoms with E-state index in [1.54, 1.807) is 0 Å². The van der Waals surface area contributed by atoms with Gasteiger partial charge in [-0.05, 0) is 0 Å². The molecule has 1 rings (SSSR count). The molecule has 1 aliphatic rings. The molecule has 1 aliphatic carbocycles. The Morgan fingerprint density at radius 2 is 1.50 bits per heavy atom. The van der Waals surface area contributed by atoms with Crippen LogP contribution in [0.3, 0.4) is 0 Å². The van der Waals surface area contributed by atoms with Gasteiger partial charge in [-0.15, -0.1) is 6.42 Å². The van der Waals surface area contributed by atoms with Gasteiger partial charge in [0.05, 0.1) is 0 Å². The predicted octanol–water partition coefficient (Wildman–Crippen LogP) is 4.48. The van der Waals surface area contributed by atoms with Crippen molar-refractivity contribution >= 4 is 18.6 Å². The zero-order valence-corrected chi connectivity index (χ0v) is 11.3. The molecule has 0 saturated heterocycles. The molecule has 12 heavy (non-hydrogen) atoms. The number of hydrogen-bond donors (Lipinski definition) is 0. The summed E-state index contributed by atoms with van der Waals surface area (Å²) in [6.07, 6.45) is 10.0. The van der Waals surface area contributed by atoms with Crippen LogP contribution in [0, 0.1) is 35.8 Å². The van der Waals surface area contributed by atoms with E-state index >= 15 is 0 Å². The van der Waals surface area contributed by atoms with Gasteiger partial charge in [0.2, 0.25) is 0 Å². The maximum atomic E-state index is 4.89. The molecule has 0 heterocycles. The Morgan fingerprint density at radius 3 is 1.58 bits per heavy atom. The summed E-state index contributed by atoms with van der Waals surface area (Å²) in [5, 5.41) is 0. The number of hydrogen-bond acceptors (Lipinski definition) is 0. The fourth-order valence-corrected chi connectivity index (χ4v) is 0.340. The number of halogens is 2. The average Bonchev–Trinajstić information content (AvgIpc) is 2.17. The summed E-state index contributed by atoms with van der Waals surface area (Å²) in [7, 11) is 9.78. The summed E-state index contributed by atoms with van der Waals surface area (Å²) in [5.41, 5.74) is 0. The number of allylic oxidation sites excluding steroid dienone is 4. The molecule has 0 nitrogen and oxygen atoms in total. The van der Waals surface area contributed by atoms with Gasteiger partial charge in [-0.2, -0.15) is 6.08 Å². The molecule has 0 aromatic rings. The minimum atomic E-state index is -0.556. The van der Waals surface area contributed by atoms with E-state index in [4.69, 9.17) is 18.6 Å². The van der Waals surface area contributed by atoms with E-state index in [1.807, 2.05) is 12.2 Å². The molecule has 0 radical (unpaired) electrons. The van der Waals surface area contributed by atoms with Gasteiger partial charge >= 0.3 is 35.6 Å². The first kappa shape index (κ1) is 29.3. The van der Waals surface area contributed by atoms with Crippen molar-refractivity contribution in [2.24, 2.45) is 0 Å². The fourth-order valence-electron chi connectivity index (χ4n) is 0.340. The standard InChI is InChI=1S/C5H5.4CH3.2ClH.Ti/c1-2-4-5-3-1;;;;;;;/h1-3H,4H2;4*1H3;2*1H;/q5*-1;;;+2/p-2. The molecule has 76 valence electrons. The van der Waals surface area contributed by atoms with Gasteiger partial charge < -0.3 is 29.7 Å². The van der Waals surface area contributed by atoms with Crippen molar-refractivity contribution in [3.63, 3.8) is 0 Å². The molecule has 0 saturated carbocycles. The zero-order chi connectivity index (χ0) is 6.24. The van der Waals surface area contributed by atoms with E-state index in [1.165, 1.54) is 0 Å². The topological polar surface area (TPSA) is 0 Å². The molecule has 3 heteroatoms. The van der Waals surface area contributed by atoms with Crippen molar-refractivity contribution in [3.8, 4) is 0 Å². The SMILES string of the molecule is [C-]1=CC=CC1.[CH3-].[CH3-].[CH3-].[CH3-].[Cl][Ti][Cl]. The fraction of sp³-hybridized carbons (Fsp3) is 0.111. The van der Waals surface area contributed by atoms with E-state index in [0.29, 0.717) is 0 Å². The van der Waals surface area contributed by atoms with Crippen LogP contribution in [0.2, 0.25) is 0 Å². The monoisotopic (exact) mass is 243 g/mol. The van der Waals surface area contributed by atoms with Crippen molar-refractivity contribution in [2.45, 2.75) is 6.42 Å². The van der Waals surface area contributed by atoms with Gasteiger partial charge in [0, 0.05) is 0 Å². The van der Waals surface area contributed by atoms with Gasteiger partial charge in [0.15, 0.2) is 0 Å². The molecule has 0 aromatic carbocycles. The van der Waals surface area contributed by atoms with Crippen LogP contribution in [0.1, 0.15) is 6.42 Å². The molecule has 0 atom stereocenters. The molecule has 0 unspecified atom stereocenters. The van der Waals surface area contributed by atoms with Gasteiger partial charge in [-0.3, -0.25) is 6.08 Å². The van der Waals surface area contributed by atoms with Gasteiger partial charge in [-0.1, -0.05) is 0 Å². The van der Waals surface area contributed by atoms with Crippen molar-refractivity contribution < 1.29 is 17.0 Å². The molecule has 0 fully saturated rings. The van der Waals surface area contributed by atoms with Gasteiger partial charge in [-0.25, -0.2) is 12.2 Å². The maximum absolute atomic E-state index is 4.89. The number of rotatable bonds is 0. The first-order valence-electron chi connectivity index (χ1n) is 2.10. The van der Waals surface area contributed by atoms with Crippen molar-refractivity contribution in [3.05, 3.63) is 54.0 Å². The van der Waals surface area contributed by atoms with Crippen LogP contribution in [0.15, 0.2) is 18.2 Å². The summed E-state index contributed by atoms with van der Waals surface area (Å²) in [4.78, 5) is 0. The molecule has 0 N–H and O–H groups in total. The first-order valence-corrected chi connectivity index (χ1v) is 6.39. The summed E-state index contributed by atoms with van der Waals surface area (Å²) < 4.78 is 0.